The molecule has 5 heteroatoms. The molecule has 0 saturated carbocycles. The predicted molar refractivity (Wildman–Crippen MR) is 68.9 cm³/mol. The minimum atomic E-state index is -0.702. The van der Waals surface area contributed by atoms with Gasteiger partial charge in [-0.15, -0.1) is 0 Å². The Morgan fingerprint density at radius 1 is 1.39 bits per heavy atom. The molecule has 1 rings (SSSR count). The van der Waals surface area contributed by atoms with Crippen LogP contribution in [0.15, 0.2) is 21.6 Å². The van der Waals surface area contributed by atoms with E-state index in [0.717, 1.165) is 19.4 Å². The molecule has 1 unspecified atom stereocenters. The molecule has 0 fully saturated rings. The Morgan fingerprint density at radius 2 is 2.06 bits per heavy atom. The summed E-state index contributed by atoms with van der Waals surface area (Å²) in [6.45, 7) is 7.95. The van der Waals surface area contributed by atoms with Crippen LogP contribution in [0.5, 0.6) is 0 Å². The van der Waals surface area contributed by atoms with Gasteiger partial charge in [0.2, 0.25) is 0 Å². The molecule has 0 N–H and O–H groups in total. The van der Waals surface area contributed by atoms with Crippen LogP contribution < -0.4 is 24.8 Å². The van der Waals surface area contributed by atoms with Crippen LogP contribution in [0.4, 0.5) is 0 Å². The Morgan fingerprint density at radius 3 is 2.50 bits per heavy atom. The van der Waals surface area contributed by atoms with Crippen molar-refractivity contribution in [2.75, 3.05) is 6.61 Å². The molecule has 0 aliphatic heterocycles. The molecule has 103 valence electrons. The Hall–Kier alpha value is 0.951. The number of hydrogen-bond donors (Lipinski definition) is 0. The summed E-state index contributed by atoms with van der Waals surface area (Å²) < 4.78 is 7.59. The first-order valence-corrected chi connectivity index (χ1v) is 10.1. The maximum Gasteiger partial charge on any atom is -1.00 e. The number of halogens is 2. The third-order valence-corrected chi connectivity index (χ3v) is 5.76. The number of rotatable bonds is 7. The van der Waals surface area contributed by atoms with Crippen LogP contribution in [0.2, 0.25) is 13.1 Å². The van der Waals surface area contributed by atoms with Crippen molar-refractivity contribution in [3.8, 4) is 0 Å². The molecule has 0 aromatic heterocycles. The second-order valence-corrected chi connectivity index (χ2v) is 9.00. The zero-order valence-electron chi connectivity index (χ0n) is 11.5. The minimum absolute atomic E-state index is 0. The average Bonchev–Trinajstić information content (AvgIpc) is 2.63. The van der Waals surface area contributed by atoms with E-state index in [9.17, 15) is 0 Å². The molecule has 1 aliphatic rings. The molecule has 0 radical (unpaired) electrons. The van der Waals surface area contributed by atoms with Gasteiger partial charge < -0.3 is 24.8 Å². The van der Waals surface area contributed by atoms with Crippen molar-refractivity contribution in [1.82, 2.24) is 0 Å². The summed E-state index contributed by atoms with van der Waals surface area (Å²) in [6.07, 6.45) is 9.30. The van der Waals surface area contributed by atoms with Gasteiger partial charge in [0, 0.05) is 0 Å². The quantitative estimate of drug-likeness (QED) is 0.363. The van der Waals surface area contributed by atoms with Crippen molar-refractivity contribution in [1.29, 1.82) is 0 Å². The Bertz CT molecular complexity index is 280. The van der Waals surface area contributed by atoms with Crippen LogP contribution >= 0.6 is 0 Å². The smallest absolute Gasteiger partial charge is 1.00 e. The fraction of sp³-hybridized carbons (Fsp3) is 0.692. The molecule has 0 spiro atoms. The van der Waals surface area contributed by atoms with E-state index in [-0.39, 0.29) is 24.8 Å². The van der Waals surface area contributed by atoms with Gasteiger partial charge in [0.1, 0.15) is 0 Å². The summed E-state index contributed by atoms with van der Waals surface area (Å²) in [5, 5.41) is 0. The molecule has 0 aromatic rings. The second-order valence-electron chi connectivity index (χ2n) is 4.82. The SMILES string of the molecule is CCCCOC(CC1=[C]([Ti+2])CC=C1)[SiH](C)C.[Cl-].[Cl-]. The molecule has 0 amide bonds. The normalized spacial score (nSPS) is 15.7. The van der Waals surface area contributed by atoms with Gasteiger partial charge in [0.05, 0.1) is 0 Å². The van der Waals surface area contributed by atoms with Crippen molar-refractivity contribution in [2.24, 2.45) is 0 Å². The number of unbranched alkanes of at least 4 members (excludes halogenated alkanes) is 1. The molecule has 1 nitrogen and oxygen atoms in total. The van der Waals surface area contributed by atoms with E-state index < -0.39 is 8.80 Å². The van der Waals surface area contributed by atoms with Gasteiger partial charge in [0.25, 0.3) is 0 Å². The zero-order chi connectivity index (χ0) is 12.0. The fourth-order valence-electron chi connectivity index (χ4n) is 1.82. The average molecular weight is 342 g/mol. The van der Waals surface area contributed by atoms with Crippen LogP contribution in [-0.4, -0.2) is 21.1 Å². The first-order chi connectivity index (χ1) is 7.65. The van der Waals surface area contributed by atoms with Crippen LogP contribution in [0.3, 0.4) is 0 Å². The molecular weight excluding hydrogens is 319 g/mol. The Kier molecular flexibility index (Phi) is 13.9. The number of ether oxygens (including phenoxy) is 1. The van der Waals surface area contributed by atoms with Crippen molar-refractivity contribution in [3.05, 3.63) is 21.6 Å². The Labute approximate surface area is 138 Å². The summed E-state index contributed by atoms with van der Waals surface area (Å²) in [4.78, 5) is 0. The summed E-state index contributed by atoms with van der Waals surface area (Å²) in [5.74, 6) is 0. The van der Waals surface area contributed by atoms with E-state index in [1.807, 2.05) is 0 Å². The molecule has 0 heterocycles. The third-order valence-electron chi connectivity index (χ3n) is 3.02. The number of hydrogen-bond acceptors (Lipinski definition) is 1. The first-order valence-electron chi connectivity index (χ1n) is 6.37. The van der Waals surface area contributed by atoms with Crippen LogP contribution in [0.1, 0.15) is 32.6 Å². The summed E-state index contributed by atoms with van der Waals surface area (Å²) in [7, 11) is -0.702. The minimum Gasteiger partial charge on any atom is -1.00 e. The van der Waals surface area contributed by atoms with Gasteiger partial charge in [-0.2, -0.15) is 0 Å². The first kappa shape index (κ1) is 21.3. The molecule has 0 saturated heterocycles. The number of allylic oxidation sites excluding steroid dienone is 3. The Balaban J connectivity index is 0. The maximum absolute atomic E-state index is 6.05. The third kappa shape index (κ3) is 7.52. The summed E-state index contributed by atoms with van der Waals surface area (Å²) in [6, 6.07) is 0. The second kappa shape index (κ2) is 11.8. The molecule has 18 heavy (non-hydrogen) atoms. The van der Waals surface area contributed by atoms with E-state index in [2.05, 4.69) is 52.6 Å². The topological polar surface area (TPSA) is 9.23 Å². The van der Waals surface area contributed by atoms with Crippen molar-refractivity contribution in [2.45, 2.75) is 51.4 Å². The largest absolute Gasteiger partial charge is 1.00 e. The molecule has 1 aliphatic carbocycles. The van der Waals surface area contributed by atoms with Crippen molar-refractivity contribution in [3.63, 3.8) is 0 Å². The van der Waals surface area contributed by atoms with Crippen molar-refractivity contribution >= 4 is 8.80 Å². The van der Waals surface area contributed by atoms with Crippen LogP contribution in [-0.2, 0) is 25.2 Å². The standard InChI is InChI=1S/C13H23OSi.2ClH.Ti/c1-4-5-10-14-13(15(2)3)11-12-8-6-7-9-12;;;/h6,8,13,15H,4-5,7,10-11H2,1-3H3;2*1H;/q;;;+2/p-2. The van der Waals surface area contributed by atoms with Crippen molar-refractivity contribution < 1.29 is 50.0 Å². The molecular formula is C13H23Cl2OSiTi. The van der Waals surface area contributed by atoms with Gasteiger partial charge in [-0.3, -0.25) is 0 Å². The van der Waals surface area contributed by atoms with Crippen LogP contribution in [0.25, 0.3) is 0 Å². The zero-order valence-corrected chi connectivity index (χ0v) is 15.7. The van der Waals surface area contributed by atoms with Gasteiger partial charge >= 0.3 is 114 Å². The molecule has 0 aromatic carbocycles. The van der Waals surface area contributed by atoms with E-state index in [0.29, 0.717) is 5.73 Å². The van der Waals surface area contributed by atoms with Gasteiger partial charge in [-0.1, -0.05) is 0 Å². The fourth-order valence-corrected chi connectivity index (χ4v) is 3.54. The van der Waals surface area contributed by atoms with E-state index in [1.165, 1.54) is 18.4 Å². The summed E-state index contributed by atoms with van der Waals surface area (Å²) in [5.41, 5.74) is 2.06. The predicted octanol–water partition coefficient (Wildman–Crippen LogP) is -2.64. The van der Waals surface area contributed by atoms with E-state index >= 15 is 0 Å². The van der Waals surface area contributed by atoms with Gasteiger partial charge in [-0.25, -0.2) is 0 Å². The monoisotopic (exact) mass is 341 g/mol. The van der Waals surface area contributed by atoms with Gasteiger partial charge in [-0.05, 0) is 0 Å². The van der Waals surface area contributed by atoms with Crippen LogP contribution in [0, 0.1) is 0 Å². The summed E-state index contributed by atoms with van der Waals surface area (Å²) >= 11 is 2.25. The van der Waals surface area contributed by atoms with Gasteiger partial charge in [0.15, 0.2) is 0 Å². The van der Waals surface area contributed by atoms with E-state index in [4.69, 9.17) is 4.74 Å². The maximum atomic E-state index is 6.05. The van der Waals surface area contributed by atoms with E-state index in [1.54, 1.807) is 3.88 Å². The molecule has 1 atom stereocenters. The molecule has 0 bridgehead atoms.